The topological polar surface area (TPSA) is 26.3 Å². The molecule has 16 heavy (non-hydrogen) atoms. The van der Waals surface area contributed by atoms with Crippen LogP contribution in [0.25, 0.3) is 0 Å². The Morgan fingerprint density at radius 1 is 1.00 bits per heavy atom. The molecular formula is C14H28O2. The van der Waals surface area contributed by atoms with E-state index < -0.39 is 5.41 Å². The van der Waals surface area contributed by atoms with Crippen molar-refractivity contribution in [1.29, 1.82) is 0 Å². The van der Waals surface area contributed by atoms with Gasteiger partial charge in [0.15, 0.2) is 0 Å². The van der Waals surface area contributed by atoms with Crippen molar-refractivity contribution in [3.63, 3.8) is 0 Å². The van der Waals surface area contributed by atoms with Gasteiger partial charge >= 0.3 is 5.97 Å². The number of hydrogen-bond acceptors (Lipinski definition) is 2. The standard InChI is InChI=1S/C14H28O2/c1-9-16-11(15)14(7,8)13(5,6)10-12(2,3)4/h9-10H2,1-8H3. The van der Waals surface area contributed by atoms with Gasteiger partial charge in [-0.3, -0.25) is 4.79 Å². The molecule has 0 saturated carbocycles. The zero-order valence-corrected chi connectivity index (χ0v) is 12.2. The highest BCUT2D eigenvalue weighted by atomic mass is 16.5. The Hall–Kier alpha value is -0.530. The quantitative estimate of drug-likeness (QED) is 0.679. The lowest BCUT2D eigenvalue weighted by molar-refractivity contribution is -0.161. The van der Waals surface area contributed by atoms with Crippen molar-refractivity contribution >= 4 is 5.97 Å². The molecule has 0 aliphatic carbocycles. The molecule has 0 aromatic rings. The van der Waals surface area contributed by atoms with Crippen LogP contribution in [0.4, 0.5) is 0 Å². The highest BCUT2D eigenvalue weighted by molar-refractivity contribution is 5.76. The van der Waals surface area contributed by atoms with Gasteiger partial charge in [-0.2, -0.15) is 0 Å². The molecule has 0 atom stereocenters. The molecule has 0 bridgehead atoms. The SMILES string of the molecule is CCOC(=O)C(C)(C)C(C)(C)CC(C)(C)C. The summed E-state index contributed by atoms with van der Waals surface area (Å²) in [6.07, 6.45) is 0.992. The molecule has 0 fully saturated rings. The zero-order valence-electron chi connectivity index (χ0n) is 12.2. The van der Waals surface area contributed by atoms with Gasteiger partial charge in [-0.05, 0) is 38.0 Å². The van der Waals surface area contributed by atoms with Crippen LogP contribution in [0.1, 0.15) is 61.8 Å². The molecule has 0 heterocycles. The van der Waals surface area contributed by atoms with Crippen LogP contribution < -0.4 is 0 Å². The Kier molecular flexibility index (Phi) is 4.61. The molecule has 0 amide bonds. The molecule has 0 aromatic heterocycles. The van der Waals surface area contributed by atoms with Crippen LogP contribution in [-0.4, -0.2) is 12.6 Å². The molecule has 2 heteroatoms. The van der Waals surface area contributed by atoms with E-state index in [9.17, 15) is 4.79 Å². The van der Waals surface area contributed by atoms with Crippen LogP contribution in [0, 0.1) is 16.2 Å². The zero-order chi connectivity index (χ0) is 13.2. The highest BCUT2D eigenvalue weighted by Crippen LogP contribution is 2.46. The first-order valence-electron chi connectivity index (χ1n) is 6.11. The monoisotopic (exact) mass is 228 g/mol. The summed E-state index contributed by atoms with van der Waals surface area (Å²) in [5.41, 5.74) is -0.305. The molecule has 0 radical (unpaired) electrons. The molecule has 0 N–H and O–H groups in total. The van der Waals surface area contributed by atoms with Crippen molar-refractivity contribution in [2.45, 2.75) is 61.8 Å². The second-order valence-electron chi connectivity index (χ2n) is 6.97. The minimum absolute atomic E-state index is 0.0719. The van der Waals surface area contributed by atoms with E-state index in [1.54, 1.807) is 0 Å². The van der Waals surface area contributed by atoms with E-state index >= 15 is 0 Å². The van der Waals surface area contributed by atoms with Crippen LogP contribution in [0.3, 0.4) is 0 Å². The molecular weight excluding hydrogens is 200 g/mol. The number of carbonyl (C=O) groups excluding carboxylic acids is 1. The van der Waals surface area contributed by atoms with Gasteiger partial charge in [0, 0.05) is 0 Å². The van der Waals surface area contributed by atoms with Crippen LogP contribution in [0.2, 0.25) is 0 Å². The third-order valence-electron chi connectivity index (χ3n) is 3.45. The van der Waals surface area contributed by atoms with Gasteiger partial charge in [0.05, 0.1) is 12.0 Å². The third kappa shape index (κ3) is 3.80. The number of rotatable bonds is 4. The minimum atomic E-state index is -0.448. The van der Waals surface area contributed by atoms with E-state index in [1.807, 2.05) is 20.8 Å². The number of ether oxygens (including phenoxy) is 1. The van der Waals surface area contributed by atoms with Crippen molar-refractivity contribution in [3.8, 4) is 0 Å². The Morgan fingerprint density at radius 3 is 1.75 bits per heavy atom. The molecule has 0 saturated heterocycles. The summed E-state index contributed by atoms with van der Waals surface area (Å²) < 4.78 is 5.17. The first-order valence-corrected chi connectivity index (χ1v) is 6.11. The molecule has 0 spiro atoms. The maximum absolute atomic E-state index is 12.0. The summed E-state index contributed by atoms with van der Waals surface area (Å²) in [6.45, 7) is 17.2. The fraction of sp³-hybridized carbons (Fsp3) is 0.929. The lowest BCUT2D eigenvalue weighted by Gasteiger charge is -2.43. The molecule has 0 unspecified atom stereocenters. The van der Waals surface area contributed by atoms with Gasteiger partial charge in [-0.15, -0.1) is 0 Å². The average Bonchev–Trinajstić information content (AvgIpc) is 1.99. The Labute approximate surface area is 101 Å². The summed E-state index contributed by atoms with van der Waals surface area (Å²) in [5, 5.41) is 0. The predicted octanol–water partition coefficient (Wildman–Crippen LogP) is 4.04. The summed E-state index contributed by atoms with van der Waals surface area (Å²) in [7, 11) is 0. The normalized spacial score (nSPS) is 13.8. The lowest BCUT2D eigenvalue weighted by Crippen LogP contribution is -2.42. The van der Waals surface area contributed by atoms with Crippen molar-refractivity contribution in [2.24, 2.45) is 16.2 Å². The first-order chi connectivity index (χ1) is 6.94. The van der Waals surface area contributed by atoms with Crippen LogP contribution >= 0.6 is 0 Å². The van der Waals surface area contributed by atoms with E-state index in [0.29, 0.717) is 6.61 Å². The summed E-state index contributed by atoms with van der Waals surface area (Å²) >= 11 is 0. The van der Waals surface area contributed by atoms with Gasteiger partial charge in [0.25, 0.3) is 0 Å². The molecule has 0 aliphatic rings. The Bertz CT molecular complexity index is 244. The first kappa shape index (κ1) is 15.5. The Morgan fingerprint density at radius 2 is 1.44 bits per heavy atom. The van der Waals surface area contributed by atoms with E-state index in [0.717, 1.165) is 6.42 Å². The van der Waals surface area contributed by atoms with Gasteiger partial charge < -0.3 is 4.74 Å². The predicted molar refractivity (Wildman–Crippen MR) is 68.3 cm³/mol. The van der Waals surface area contributed by atoms with Gasteiger partial charge in [0.1, 0.15) is 0 Å². The summed E-state index contributed by atoms with van der Waals surface area (Å²) in [4.78, 5) is 12.0. The van der Waals surface area contributed by atoms with Crippen LogP contribution in [0.15, 0.2) is 0 Å². The summed E-state index contributed by atoms with van der Waals surface area (Å²) in [5.74, 6) is -0.0933. The molecule has 0 aromatic carbocycles. The summed E-state index contributed by atoms with van der Waals surface area (Å²) in [6, 6.07) is 0. The number of carbonyl (C=O) groups is 1. The van der Waals surface area contributed by atoms with E-state index in [1.165, 1.54) is 0 Å². The van der Waals surface area contributed by atoms with Crippen molar-refractivity contribution < 1.29 is 9.53 Å². The number of hydrogen-bond donors (Lipinski definition) is 0. The van der Waals surface area contributed by atoms with Crippen molar-refractivity contribution in [2.75, 3.05) is 6.61 Å². The maximum Gasteiger partial charge on any atom is 0.312 e. The maximum atomic E-state index is 12.0. The van der Waals surface area contributed by atoms with Gasteiger partial charge in [-0.25, -0.2) is 0 Å². The van der Waals surface area contributed by atoms with Crippen LogP contribution in [0.5, 0.6) is 0 Å². The molecule has 96 valence electrons. The minimum Gasteiger partial charge on any atom is -0.466 e. The van der Waals surface area contributed by atoms with E-state index in [2.05, 4.69) is 34.6 Å². The van der Waals surface area contributed by atoms with Crippen molar-refractivity contribution in [1.82, 2.24) is 0 Å². The van der Waals surface area contributed by atoms with E-state index in [-0.39, 0.29) is 16.8 Å². The molecule has 2 nitrogen and oxygen atoms in total. The smallest absolute Gasteiger partial charge is 0.312 e. The highest BCUT2D eigenvalue weighted by Gasteiger charge is 2.45. The largest absolute Gasteiger partial charge is 0.466 e. The average molecular weight is 228 g/mol. The second kappa shape index (κ2) is 4.77. The fourth-order valence-corrected chi connectivity index (χ4v) is 2.13. The fourth-order valence-electron chi connectivity index (χ4n) is 2.13. The van der Waals surface area contributed by atoms with Crippen LogP contribution in [-0.2, 0) is 9.53 Å². The van der Waals surface area contributed by atoms with Gasteiger partial charge in [0.2, 0.25) is 0 Å². The van der Waals surface area contributed by atoms with E-state index in [4.69, 9.17) is 4.74 Å². The number of esters is 1. The lowest BCUT2D eigenvalue weighted by atomic mass is 9.61. The Balaban J connectivity index is 4.90. The molecule has 0 aliphatic heterocycles. The third-order valence-corrected chi connectivity index (χ3v) is 3.45. The van der Waals surface area contributed by atoms with Crippen molar-refractivity contribution in [3.05, 3.63) is 0 Å². The van der Waals surface area contributed by atoms with Gasteiger partial charge in [-0.1, -0.05) is 34.6 Å². The molecule has 0 rings (SSSR count). The second-order valence-corrected chi connectivity index (χ2v) is 6.97.